The zero-order valence-corrected chi connectivity index (χ0v) is 7.54. The van der Waals surface area contributed by atoms with E-state index < -0.39 is 0 Å². The maximum Gasteiger partial charge on any atom is 0.202 e. The smallest absolute Gasteiger partial charge is 0.202 e. The van der Waals surface area contributed by atoms with Gasteiger partial charge in [-0.25, -0.2) is 4.98 Å². The van der Waals surface area contributed by atoms with Crippen LogP contribution in [-0.2, 0) is 0 Å². The van der Waals surface area contributed by atoms with Gasteiger partial charge in [-0.05, 0) is 30.9 Å². The normalized spacial score (nSPS) is 29.5. The highest BCUT2D eigenvalue weighted by Crippen LogP contribution is 2.30. The van der Waals surface area contributed by atoms with E-state index in [1.54, 1.807) is 6.20 Å². The number of nitrogens with zero attached hydrogens (tertiary/aromatic N) is 2. The van der Waals surface area contributed by atoms with Gasteiger partial charge in [0, 0.05) is 24.5 Å². The molecule has 1 saturated carbocycles. The van der Waals surface area contributed by atoms with Gasteiger partial charge in [0.1, 0.15) is 0 Å². The van der Waals surface area contributed by atoms with Crippen molar-refractivity contribution in [2.75, 3.05) is 0 Å². The number of nitrogens with two attached hydrogens (primary N) is 1. The molecule has 66 valence electrons. The van der Waals surface area contributed by atoms with Crippen LogP contribution < -0.4 is 5.73 Å². The monoisotopic (exact) mass is 185 g/mol. The molecule has 2 unspecified atom stereocenters. The van der Waals surface area contributed by atoms with Gasteiger partial charge in [-0.2, -0.15) is 0 Å². The fourth-order valence-electron chi connectivity index (χ4n) is 1.81. The zero-order valence-electron chi connectivity index (χ0n) is 6.78. The second-order valence-electron chi connectivity index (χ2n) is 3.33. The van der Waals surface area contributed by atoms with Crippen LogP contribution in [0.4, 0.5) is 0 Å². The number of hydrogen-bond donors (Lipinski definition) is 1. The number of aromatic nitrogens is 2. The van der Waals surface area contributed by atoms with E-state index in [-0.39, 0.29) is 0 Å². The summed E-state index contributed by atoms with van der Waals surface area (Å²) in [6.45, 7) is 0. The minimum atomic E-state index is 0.341. The predicted octanol–water partition coefficient (Wildman–Crippen LogP) is 1.59. The van der Waals surface area contributed by atoms with E-state index in [1.165, 1.54) is 0 Å². The molecule has 0 bridgehead atoms. The summed E-state index contributed by atoms with van der Waals surface area (Å²) in [5.41, 5.74) is 5.80. The molecule has 2 rings (SSSR count). The molecule has 0 radical (unpaired) electrons. The molecule has 1 heterocycles. The lowest BCUT2D eigenvalue weighted by Crippen LogP contribution is -2.15. The average Bonchev–Trinajstić information content (AvgIpc) is 2.58. The number of halogens is 1. The van der Waals surface area contributed by atoms with Crippen LogP contribution in [0.25, 0.3) is 0 Å². The summed E-state index contributed by atoms with van der Waals surface area (Å²) in [6, 6.07) is 0.809. The van der Waals surface area contributed by atoms with Crippen LogP contribution in [0, 0.1) is 0 Å². The van der Waals surface area contributed by atoms with Gasteiger partial charge in [0.2, 0.25) is 5.28 Å². The van der Waals surface area contributed by atoms with E-state index in [1.807, 2.05) is 10.8 Å². The Labute approximate surface area is 76.5 Å². The summed E-state index contributed by atoms with van der Waals surface area (Å²) in [4.78, 5) is 3.97. The van der Waals surface area contributed by atoms with E-state index in [0.29, 0.717) is 17.4 Å². The van der Waals surface area contributed by atoms with Gasteiger partial charge in [0.25, 0.3) is 0 Å². The lowest BCUT2D eigenvalue weighted by molar-refractivity contribution is 0.510. The molecule has 1 aliphatic carbocycles. The molecular formula is C8H12ClN3. The number of hydrogen-bond acceptors (Lipinski definition) is 2. The van der Waals surface area contributed by atoms with Crippen molar-refractivity contribution in [2.45, 2.75) is 31.3 Å². The first kappa shape index (κ1) is 8.08. The summed E-state index contributed by atoms with van der Waals surface area (Å²) in [6.07, 6.45) is 6.89. The molecule has 1 aliphatic rings. The molecule has 4 heteroatoms. The van der Waals surface area contributed by atoms with Gasteiger partial charge in [-0.1, -0.05) is 0 Å². The average molecular weight is 186 g/mol. The van der Waals surface area contributed by atoms with Crippen LogP contribution in [0.15, 0.2) is 12.4 Å². The van der Waals surface area contributed by atoms with Crippen LogP contribution in [0.2, 0.25) is 5.28 Å². The highest BCUT2D eigenvalue weighted by Gasteiger charge is 2.23. The van der Waals surface area contributed by atoms with Gasteiger partial charge >= 0.3 is 0 Å². The Morgan fingerprint density at radius 2 is 2.42 bits per heavy atom. The van der Waals surface area contributed by atoms with Gasteiger partial charge in [0.05, 0.1) is 0 Å². The third-order valence-corrected chi connectivity index (χ3v) is 2.75. The molecule has 2 N–H and O–H groups in total. The van der Waals surface area contributed by atoms with Crippen molar-refractivity contribution < 1.29 is 0 Å². The summed E-state index contributed by atoms with van der Waals surface area (Å²) >= 11 is 5.88. The Kier molecular flexibility index (Phi) is 2.07. The summed E-state index contributed by atoms with van der Waals surface area (Å²) in [5, 5.41) is 0.578. The second kappa shape index (κ2) is 3.07. The highest BCUT2D eigenvalue weighted by molar-refractivity contribution is 6.28. The van der Waals surface area contributed by atoms with Gasteiger partial charge < -0.3 is 10.3 Å². The number of rotatable bonds is 1. The van der Waals surface area contributed by atoms with E-state index in [0.717, 1.165) is 19.3 Å². The predicted molar refractivity (Wildman–Crippen MR) is 48.1 cm³/mol. The molecule has 0 saturated heterocycles. The molecule has 0 spiro atoms. The van der Waals surface area contributed by atoms with Crippen molar-refractivity contribution in [2.24, 2.45) is 5.73 Å². The Balaban J connectivity index is 2.16. The summed E-state index contributed by atoms with van der Waals surface area (Å²) in [5.74, 6) is 0. The summed E-state index contributed by atoms with van der Waals surface area (Å²) < 4.78 is 2.01. The quantitative estimate of drug-likeness (QED) is 0.722. The van der Waals surface area contributed by atoms with Crippen molar-refractivity contribution in [3.8, 4) is 0 Å². The minimum absolute atomic E-state index is 0.341. The fraction of sp³-hybridized carbons (Fsp3) is 0.625. The summed E-state index contributed by atoms with van der Waals surface area (Å²) in [7, 11) is 0. The molecule has 1 aromatic rings. The molecule has 0 aromatic carbocycles. The molecule has 1 fully saturated rings. The Hall–Kier alpha value is -0.540. The van der Waals surface area contributed by atoms with Crippen molar-refractivity contribution >= 4 is 11.6 Å². The van der Waals surface area contributed by atoms with Gasteiger partial charge in [-0.15, -0.1) is 0 Å². The molecule has 3 nitrogen and oxygen atoms in total. The first-order valence-electron chi connectivity index (χ1n) is 4.21. The maximum atomic E-state index is 5.88. The second-order valence-corrected chi connectivity index (χ2v) is 3.67. The molecule has 0 aliphatic heterocycles. The van der Waals surface area contributed by atoms with Crippen molar-refractivity contribution in [3.63, 3.8) is 0 Å². The van der Waals surface area contributed by atoms with Crippen LogP contribution >= 0.6 is 11.6 Å². The topological polar surface area (TPSA) is 43.8 Å². The van der Waals surface area contributed by atoms with Crippen molar-refractivity contribution in [1.82, 2.24) is 9.55 Å². The van der Waals surface area contributed by atoms with Crippen molar-refractivity contribution in [3.05, 3.63) is 17.7 Å². The van der Waals surface area contributed by atoms with Crippen LogP contribution in [-0.4, -0.2) is 15.6 Å². The van der Waals surface area contributed by atoms with Crippen LogP contribution in [0.3, 0.4) is 0 Å². The van der Waals surface area contributed by atoms with Gasteiger partial charge in [-0.3, -0.25) is 0 Å². The Morgan fingerprint density at radius 3 is 2.92 bits per heavy atom. The zero-order chi connectivity index (χ0) is 8.55. The van der Waals surface area contributed by atoms with Crippen LogP contribution in [0.1, 0.15) is 25.3 Å². The lowest BCUT2D eigenvalue weighted by atomic mass is 10.2. The van der Waals surface area contributed by atoms with Crippen molar-refractivity contribution in [1.29, 1.82) is 0 Å². The molecule has 1 aromatic heterocycles. The standard InChI is InChI=1S/C8H12ClN3/c9-8-11-3-4-12(8)7-2-1-6(10)5-7/h3-4,6-7H,1-2,5,10H2. The van der Waals surface area contributed by atoms with Gasteiger partial charge in [0.15, 0.2) is 0 Å². The fourth-order valence-corrected chi connectivity index (χ4v) is 2.06. The van der Waals surface area contributed by atoms with E-state index >= 15 is 0 Å². The van der Waals surface area contributed by atoms with E-state index in [4.69, 9.17) is 17.3 Å². The lowest BCUT2D eigenvalue weighted by Gasteiger charge is -2.11. The molecule has 2 atom stereocenters. The third kappa shape index (κ3) is 1.34. The minimum Gasteiger partial charge on any atom is -0.328 e. The SMILES string of the molecule is NC1CCC(n2ccnc2Cl)C1. The maximum absolute atomic E-state index is 5.88. The highest BCUT2D eigenvalue weighted by atomic mass is 35.5. The van der Waals surface area contributed by atoms with E-state index in [2.05, 4.69) is 4.98 Å². The first-order chi connectivity index (χ1) is 5.77. The van der Waals surface area contributed by atoms with E-state index in [9.17, 15) is 0 Å². The van der Waals surface area contributed by atoms with Crippen LogP contribution in [0.5, 0.6) is 0 Å². The Morgan fingerprint density at radius 1 is 1.58 bits per heavy atom. The molecule has 0 amide bonds. The number of imidazole rings is 1. The third-order valence-electron chi connectivity index (χ3n) is 2.46. The molecule has 12 heavy (non-hydrogen) atoms. The largest absolute Gasteiger partial charge is 0.328 e. The Bertz CT molecular complexity index is 271. The first-order valence-corrected chi connectivity index (χ1v) is 4.59. The molecular weight excluding hydrogens is 174 g/mol.